The second-order valence-corrected chi connectivity index (χ2v) is 6.72. The molecule has 21 heavy (non-hydrogen) atoms. The van der Waals surface area contributed by atoms with E-state index in [4.69, 9.17) is 0 Å². The smallest absolute Gasteiger partial charge is 0.00669 e. The number of rotatable bonds is 17. The zero-order valence-corrected chi connectivity index (χ0v) is 15.4. The number of hydrogen-bond acceptors (Lipinski definition) is 1. The topological polar surface area (TPSA) is 12.0 Å². The van der Waals surface area contributed by atoms with Crippen LogP contribution in [-0.2, 0) is 0 Å². The summed E-state index contributed by atoms with van der Waals surface area (Å²) < 4.78 is 0. The lowest BCUT2D eigenvalue weighted by molar-refractivity contribution is 0.420. The first kappa shape index (κ1) is 21.0. The van der Waals surface area contributed by atoms with E-state index in [1.165, 1.54) is 96.3 Å². The molecule has 0 rings (SSSR count). The van der Waals surface area contributed by atoms with Gasteiger partial charge in [0.05, 0.1) is 0 Å². The fraction of sp³-hybridized carbons (Fsp3) is 1.00. The van der Waals surface area contributed by atoms with Crippen LogP contribution >= 0.6 is 0 Å². The molecule has 0 bridgehead atoms. The van der Waals surface area contributed by atoms with Crippen LogP contribution in [0.5, 0.6) is 0 Å². The van der Waals surface area contributed by atoms with Crippen LogP contribution in [0.25, 0.3) is 0 Å². The lowest BCUT2D eigenvalue weighted by Crippen LogP contribution is -2.28. The molecule has 0 aliphatic carbocycles. The van der Waals surface area contributed by atoms with Gasteiger partial charge in [0.25, 0.3) is 0 Å². The molecule has 0 aromatic carbocycles. The van der Waals surface area contributed by atoms with Crippen molar-refractivity contribution in [2.75, 3.05) is 6.54 Å². The summed E-state index contributed by atoms with van der Waals surface area (Å²) in [6.45, 7) is 7.97. The molecule has 0 heterocycles. The number of unbranched alkanes of at least 4 members (excludes halogenated alkanes) is 11. The second kappa shape index (κ2) is 18.0. The third kappa shape index (κ3) is 16.2. The Balaban J connectivity index is 3.42. The summed E-state index contributed by atoms with van der Waals surface area (Å²) in [4.78, 5) is 0. The molecular weight excluding hydrogens is 254 g/mol. The van der Waals surface area contributed by atoms with Crippen molar-refractivity contribution >= 4 is 0 Å². The van der Waals surface area contributed by atoms with E-state index in [1.54, 1.807) is 0 Å². The van der Waals surface area contributed by atoms with Gasteiger partial charge in [0.2, 0.25) is 0 Å². The van der Waals surface area contributed by atoms with Crippen molar-refractivity contribution in [2.24, 2.45) is 0 Å². The van der Waals surface area contributed by atoms with Crippen molar-refractivity contribution in [3.63, 3.8) is 0 Å². The minimum absolute atomic E-state index is 0.789. The number of nitrogens with one attached hydrogen (secondary N) is 1. The van der Waals surface area contributed by atoms with Crippen molar-refractivity contribution in [1.29, 1.82) is 0 Å². The van der Waals surface area contributed by atoms with E-state index in [0.717, 1.165) is 12.6 Å². The first-order valence-corrected chi connectivity index (χ1v) is 10.1. The van der Waals surface area contributed by atoms with Crippen LogP contribution in [-0.4, -0.2) is 12.6 Å². The summed E-state index contributed by atoms with van der Waals surface area (Å²) in [5.41, 5.74) is 0. The van der Waals surface area contributed by atoms with Crippen molar-refractivity contribution < 1.29 is 0 Å². The quantitative estimate of drug-likeness (QED) is 0.289. The van der Waals surface area contributed by atoms with Gasteiger partial charge in [-0.25, -0.2) is 0 Å². The highest BCUT2D eigenvalue weighted by Crippen LogP contribution is 2.14. The Morgan fingerprint density at radius 2 is 0.905 bits per heavy atom. The average molecular weight is 298 g/mol. The summed E-state index contributed by atoms with van der Waals surface area (Å²) in [7, 11) is 0. The predicted molar refractivity (Wildman–Crippen MR) is 98.1 cm³/mol. The van der Waals surface area contributed by atoms with Crippen LogP contribution in [0, 0.1) is 0 Å². The molecule has 1 atom stereocenters. The SMILES string of the molecule is CCCCCCCCCCC(CCCCCCC)NCC. The second-order valence-electron chi connectivity index (χ2n) is 6.72. The molecular formula is C20H43N. The molecule has 1 heteroatoms. The molecule has 0 aliphatic heterocycles. The van der Waals surface area contributed by atoms with Crippen molar-refractivity contribution in [3.8, 4) is 0 Å². The van der Waals surface area contributed by atoms with Gasteiger partial charge < -0.3 is 5.32 Å². The van der Waals surface area contributed by atoms with E-state index in [-0.39, 0.29) is 0 Å². The van der Waals surface area contributed by atoms with E-state index in [0.29, 0.717) is 0 Å². The Morgan fingerprint density at radius 1 is 0.524 bits per heavy atom. The summed E-state index contributed by atoms with van der Waals surface area (Å²) in [6.07, 6.45) is 21.4. The highest BCUT2D eigenvalue weighted by Gasteiger charge is 2.06. The van der Waals surface area contributed by atoms with Gasteiger partial charge in [-0.05, 0) is 19.4 Å². The molecule has 0 saturated heterocycles. The molecule has 0 amide bonds. The Bertz CT molecular complexity index is 179. The summed E-state index contributed by atoms with van der Waals surface area (Å²) in [5, 5.41) is 3.69. The van der Waals surface area contributed by atoms with Gasteiger partial charge >= 0.3 is 0 Å². The average Bonchev–Trinajstić information content (AvgIpc) is 2.49. The molecule has 1 unspecified atom stereocenters. The van der Waals surface area contributed by atoms with Crippen LogP contribution in [0.15, 0.2) is 0 Å². The Morgan fingerprint density at radius 3 is 1.29 bits per heavy atom. The monoisotopic (exact) mass is 297 g/mol. The lowest BCUT2D eigenvalue weighted by Gasteiger charge is -2.17. The van der Waals surface area contributed by atoms with E-state index in [2.05, 4.69) is 26.1 Å². The third-order valence-electron chi connectivity index (χ3n) is 4.56. The standard InChI is InChI=1S/C20H43N/c1-4-7-9-11-12-13-15-17-19-20(21-6-3)18-16-14-10-8-5-2/h20-21H,4-19H2,1-3H3. The largest absolute Gasteiger partial charge is 0.314 e. The van der Waals surface area contributed by atoms with E-state index >= 15 is 0 Å². The zero-order valence-electron chi connectivity index (χ0n) is 15.4. The number of hydrogen-bond donors (Lipinski definition) is 1. The molecule has 0 aromatic heterocycles. The van der Waals surface area contributed by atoms with Crippen LogP contribution in [0.1, 0.15) is 117 Å². The predicted octanol–water partition coefficient (Wildman–Crippen LogP) is 6.86. The molecule has 0 aliphatic rings. The molecule has 1 N–H and O–H groups in total. The first-order chi connectivity index (χ1) is 10.3. The van der Waals surface area contributed by atoms with Crippen LogP contribution in [0.3, 0.4) is 0 Å². The molecule has 0 spiro atoms. The van der Waals surface area contributed by atoms with Gasteiger partial charge in [0.1, 0.15) is 0 Å². The van der Waals surface area contributed by atoms with E-state index in [1.807, 2.05) is 0 Å². The summed E-state index contributed by atoms with van der Waals surface area (Å²) >= 11 is 0. The first-order valence-electron chi connectivity index (χ1n) is 10.1. The van der Waals surface area contributed by atoms with Crippen molar-refractivity contribution in [2.45, 2.75) is 123 Å². The minimum atomic E-state index is 0.789. The van der Waals surface area contributed by atoms with Crippen LogP contribution in [0.2, 0.25) is 0 Å². The summed E-state index contributed by atoms with van der Waals surface area (Å²) in [5.74, 6) is 0. The van der Waals surface area contributed by atoms with Gasteiger partial charge in [-0.2, -0.15) is 0 Å². The molecule has 0 aromatic rings. The maximum Gasteiger partial charge on any atom is 0.00669 e. The van der Waals surface area contributed by atoms with Gasteiger partial charge in [0, 0.05) is 6.04 Å². The van der Waals surface area contributed by atoms with Gasteiger partial charge in [-0.15, -0.1) is 0 Å². The highest BCUT2D eigenvalue weighted by atomic mass is 14.9. The van der Waals surface area contributed by atoms with E-state index in [9.17, 15) is 0 Å². The molecule has 128 valence electrons. The van der Waals surface area contributed by atoms with Crippen LogP contribution < -0.4 is 5.32 Å². The van der Waals surface area contributed by atoms with Crippen LogP contribution in [0.4, 0.5) is 0 Å². The van der Waals surface area contributed by atoms with Crippen molar-refractivity contribution in [1.82, 2.24) is 5.32 Å². The zero-order chi connectivity index (χ0) is 15.6. The normalized spacial score (nSPS) is 12.7. The Hall–Kier alpha value is -0.0400. The molecule has 0 saturated carbocycles. The molecule has 1 nitrogen and oxygen atoms in total. The highest BCUT2D eigenvalue weighted by molar-refractivity contribution is 4.66. The Labute approximate surface area is 135 Å². The fourth-order valence-electron chi connectivity index (χ4n) is 3.16. The van der Waals surface area contributed by atoms with Gasteiger partial charge in [-0.1, -0.05) is 104 Å². The summed E-state index contributed by atoms with van der Waals surface area (Å²) in [6, 6.07) is 0.789. The van der Waals surface area contributed by atoms with Gasteiger partial charge in [-0.3, -0.25) is 0 Å². The Kier molecular flexibility index (Phi) is 18.0. The minimum Gasteiger partial charge on any atom is -0.314 e. The lowest BCUT2D eigenvalue weighted by atomic mass is 10.00. The van der Waals surface area contributed by atoms with Crippen molar-refractivity contribution in [3.05, 3.63) is 0 Å². The van der Waals surface area contributed by atoms with Gasteiger partial charge in [0.15, 0.2) is 0 Å². The molecule has 0 radical (unpaired) electrons. The fourth-order valence-corrected chi connectivity index (χ4v) is 3.16. The maximum atomic E-state index is 3.69. The maximum absolute atomic E-state index is 3.69. The third-order valence-corrected chi connectivity index (χ3v) is 4.56. The molecule has 0 fully saturated rings. The van der Waals surface area contributed by atoms with E-state index < -0.39 is 0 Å².